The molecule has 0 unspecified atom stereocenters. The molecule has 0 spiro atoms. The summed E-state index contributed by atoms with van der Waals surface area (Å²) < 4.78 is 16.2. The normalized spacial score (nSPS) is 15.4. The van der Waals surface area contributed by atoms with Crippen LogP contribution in [-0.4, -0.2) is 37.8 Å². The van der Waals surface area contributed by atoms with Gasteiger partial charge in [-0.05, 0) is 55.3 Å². The molecule has 1 atom stereocenters. The Balaban J connectivity index is 1.45. The molecule has 0 saturated carbocycles. The van der Waals surface area contributed by atoms with Crippen LogP contribution in [0.5, 0.6) is 5.75 Å². The zero-order valence-electron chi connectivity index (χ0n) is 15.5. The van der Waals surface area contributed by atoms with Crippen molar-refractivity contribution in [3.05, 3.63) is 58.6 Å². The van der Waals surface area contributed by atoms with Gasteiger partial charge in [-0.15, -0.1) is 0 Å². The van der Waals surface area contributed by atoms with Gasteiger partial charge in [0.05, 0.1) is 22.3 Å². The SMILES string of the molecule is N#Cc1ccc(NC(=O)COC(=O)c2ccc(OC[C@@H]3CCCO3)cc2)cc1Cl. The van der Waals surface area contributed by atoms with Gasteiger partial charge >= 0.3 is 5.97 Å². The summed E-state index contributed by atoms with van der Waals surface area (Å²) in [7, 11) is 0. The number of hydrogen-bond acceptors (Lipinski definition) is 6. The monoisotopic (exact) mass is 414 g/mol. The van der Waals surface area contributed by atoms with Crippen molar-refractivity contribution in [1.29, 1.82) is 5.26 Å². The number of nitriles is 1. The van der Waals surface area contributed by atoms with Crippen molar-refractivity contribution in [2.75, 3.05) is 25.1 Å². The van der Waals surface area contributed by atoms with Crippen molar-refractivity contribution >= 4 is 29.2 Å². The van der Waals surface area contributed by atoms with Crippen LogP contribution in [0, 0.1) is 11.3 Å². The zero-order valence-corrected chi connectivity index (χ0v) is 16.3. The van der Waals surface area contributed by atoms with Crippen LogP contribution in [0.15, 0.2) is 42.5 Å². The Morgan fingerprint density at radius 1 is 1.24 bits per heavy atom. The van der Waals surface area contributed by atoms with E-state index in [0.717, 1.165) is 19.4 Å². The minimum Gasteiger partial charge on any atom is -0.491 e. The third-order valence-electron chi connectivity index (χ3n) is 4.26. The van der Waals surface area contributed by atoms with Crippen molar-refractivity contribution in [3.63, 3.8) is 0 Å². The summed E-state index contributed by atoms with van der Waals surface area (Å²) in [5.41, 5.74) is 1.02. The molecule has 29 heavy (non-hydrogen) atoms. The van der Waals surface area contributed by atoms with Crippen molar-refractivity contribution in [3.8, 4) is 11.8 Å². The Labute approximate surface area is 173 Å². The number of esters is 1. The first kappa shape index (κ1) is 20.6. The van der Waals surface area contributed by atoms with Gasteiger partial charge in [-0.3, -0.25) is 4.79 Å². The largest absolute Gasteiger partial charge is 0.491 e. The Kier molecular flexibility index (Phi) is 7.06. The van der Waals surface area contributed by atoms with E-state index in [1.807, 2.05) is 6.07 Å². The molecule has 0 bridgehead atoms. The lowest BCUT2D eigenvalue weighted by atomic mass is 10.2. The van der Waals surface area contributed by atoms with E-state index in [1.165, 1.54) is 12.1 Å². The first-order valence-electron chi connectivity index (χ1n) is 9.06. The Hall–Kier alpha value is -3.08. The number of amides is 1. The Morgan fingerprint density at radius 3 is 2.69 bits per heavy atom. The minimum absolute atomic E-state index is 0.115. The molecule has 1 fully saturated rings. The van der Waals surface area contributed by atoms with E-state index < -0.39 is 18.5 Å². The maximum absolute atomic E-state index is 12.1. The van der Waals surface area contributed by atoms with Gasteiger partial charge in [0, 0.05) is 12.3 Å². The minimum atomic E-state index is -0.622. The van der Waals surface area contributed by atoms with Gasteiger partial charge in [-0.25, -0.2) is 4.79 Å². The predicted octanol–water partition coefficient (Wildman–Crippen LogP) is 3.56. The number of halogens is 1. The second-order valence-corrected chi connectivity index (χ2v) is 6.81. The maximum Gasteiger partial charge on any atom is 0.338 e. The summed E-state index contributed by atoms with van der Waals surface area (Å²) in [5, 5.41) is 11.6. The van der Waals surface area contributed by atoms with Crippen LogP contribution in [0.1, 0.15) is 28.8 Å². The molecule has 2 aromatic rings. The Morgan fingerprint density at radius 2 is 2.03 bits per heavy atom. The topological polar surface area (TPSA) is 97.7 Å². The molecule has 0 radical (unpaired) electrons. The number of carbonyl (C=O) groups excluding carboxylic acids is 2. The zero-order chi connectivity index (χ0) is 20.6. The van der Waals surface area contributed by atoms with E-state index in [0.29, 0.717) is 29.2 Å². The number of rotatable bonds is 7. The molecule has 7 nitrogen and oxygen atoms in total. The van der Waals surface area contributed by atoms with Crippen molar-refractivity contribution < 1.29 is 23.8 Å². The third kappa shape index (κ3) is 5.95. The lowest BCUT2D eigenvalue weighted by Crippen LogP contribution is -2.21. The molecule has 1 heterocycles. The molecule has 1 saturated heterocycles. The first-order valence-corrected chi connectivity index (χ1v) is 9.44. The smallest absolute Gasteiger partial charge is 0.338 e. The molecule has 8 heteroatoms. The summed E-state index contributed by atoms with van der Waals surface area (Å²) in [6.07, 6.45) is 2.15. The van der Waals surface area contributed by atoms with Gasteiger partial charge in [0.2, 0.25) is 0 Å². The molecule has 3 rings (SSSR count). The average molecular weight is 415 g/mol. The lowest BCUT2D eigenvalue weighted by molar-refractivity contribution is -0.119. The van der Waals surface area contributed by atoms with E-state index in [4.69, 9.17) is 31.1 Å². The molecule has 0 aliphatic carbocycles. The van der Waals surface area contributed by atoms with Gasteiger partial charge in [0.25, 0.3) is 5.91 Å². The molecular weight excluding hydrogens is 396 g/mol. The van der Waals surface area contributed by atoms with Gasteiger partial charge in [-0.2, -0.15) is 5.26 Å². The van der Waals surface area contributed by atoms with Crippen molar-refractivity contribution in [2.24, 2.45) is 0 Å². The highest BCUT2D eigenvalue weighted by Gasteiger charge is 2.16. The summed E-state index contributed by atoms with van der Waals surface area (Å²) in [5.74, 6) is -0.508. The molecule has 1 aliphatic heterocycles. The lowest BCUT2D eigenvalue weighted by Gasteiger charge is -2.11. The van der Waals surface area contributed by atoms with Crippen molar-refractivity contribution in [2.45, 2.75) is 18.9 Å². The highest BCUT2D eigenvalue weighted by atomic mass is 35.5. The van der Waals surface area contributed by atoms with Gasteiger partial charge in [0.1, 0.15) is 18.4 Å². The average Bonchev–Trinajstić information content (AvgIpc) is 3.25. The van der Waals surface area contributed by atoms with Crippen LogP contribution in [0.2, 0.25) is 5.02 Å². The fraction of sp³-hybridized carbons (Fsp3) is 0.286. The fourth-order valence-electron chi connectivity index (χ4n) is 2.75. The van der Waals surface area contributed by atoms with Crippen LogP contribution < -0.4 is 10.1 Å². The van der Waals surface area contributed by atoms with Crippen LogP contribution in [0.3, 0.4) is 0 Å². The van der Waals surface area contributed by atoms with E-state index in [9.17, 15) is 9.59 Å². The highest BCUT2D eigenvalue weighted by Crippen LogP contribution is 2.20. The number of nitrogens with zero attached hydrogens (tertiary/aromatic N) is 1. The number of benzene rings is 2. The molecule has 1 N–H and O–H groups in total. The third-order valence-corrected chi connectivity index (χ3v) is 4.57. The van der Waals surface area contributed by atoms with Gasteiger partial charge < -0.3 is 19.5 Å². The molecule has 1 amide bonds. The first-order chi connectivity index (χ1) is 14.0. The maximum atomic E-state index is 12.1. The summed E-state index contributed by atoms with van der Waals surface area (Å²) in [6.45, 7) is 0.793. The quantitative estimate of drug-likeness (QED) is 0.695. The number of hydrogen-bond donors (Lipinski definition) is 1. The van der Waals surface area contributed by atoms with Crippen LogP contribution in [-0.2, 0) is 14.3 Å². The van der Waals surface area contributed by atoms with E-state index in [1.54, 1.807) is 30.3 Å². The van der Waals surface area contributed by atoms with E-state index in [2.05, 4.69) is 5.32 Å². The standard InChI is InChI=1S/C21H19ClN2O5/c22-19-10-16(6-3-15(19)11-23)24-20(25)13-29-21(26)14-4-7-17(8-5-14)28-12-18-2-1-9-27-18/h3-8,10,18H,1-2,9,12-13H2,(H,24,25)/t18-/m0/s1. The molecular formula is C21H19ClN2O5. The Bertz CT molecular complexity index is 918. The van der Waals surface area contributed by atoms with Crippen LogP contribution in [0.4, 0.5) is 5.69 Å². The van der Waals surface area contributed by atoms with Crippen molar-refractivity contribution in [1.82, 2.24) is 0 Å². The highest BCUT2D eigenvalue weighted by molar-refractivity contribution is 6.32. The molecule has 1 aliphatic rings. The molecule has 150 valence electrons. The summed E-state index contributed by atoms with van der Waals surface area (Å²) >= 11 is 5.92. The second-order valence-electron chi connectivity index (χ2n) is 6.40. The van der Waals surface area contributed by atoms with E-state index >= 15 is 0 Å². The predicted molar refractivity (Wildman–Crippen MR) is 106 cm³/mol. The number of nitrogens with one attached hydrogen (secondary N) is 1. The number of carbonyl (C=O) groups is 2. The number of anilines is 1. The van der Waals surface area contributed by atoms with Gasteiger partial charge in [0.15, 0.2) is 6.61 Å². The summed E-state index contributed by atoms with van der Waals surface area (Å²) in [4.78, 5) is 24.0. The van der Waals surface area contributed by atoms with E-state index in [-0.39, 0.29) is 11.1 Å². The van der Waals surface area contributed by atoms with Crippen LogP contribution >= 0.6 is 11.6 Å². The molecule has 2 aromatic carbocycles. The number of ether oxygens (including phenoxy) is 3. The second kappa shape index (κ2) is 9.92. The summed E-state index contributed by atoms with van der Waals surface area (Å²) in [6, 6.07) is 12.9. The fourth-order valence-corrected chi connectivity index (χ4v) is 2.97. The van der Waals surface area contributed by atoms with Crippen LogP contribution in [0.25, 0.3) is 0 Å². The van der Waals surface area contributed by atoms with Gasteiger partial charge in [-0.1, -0.05) is 11.6 Å². The molecule has 0 aromatic heterocycles.